The Morgan fingerprint density at radius 3 is 2.81 bits per heavy atom. The van der Waals surface area contributed by atoms with Gasteiger partial charge in [0.15, 0.2) is 0 Å². The van der Waals surface area contributed by atoms with Gasteiger partial charge >= 0.3 is 6.18 Å². The number of benzene rings is 2. The summed E-state index contributed by atoms with van der Waals surface area (Å²) in [7, 11) is 0. The Morgan fingerprint density at radius 1 is 1.07 bits per heavy atom. The molecule has 8 heteroatoms. The normalized spacial score (nSPS) is 13.7. The second kappa shape index (κ2) is 5.60. The summed E-state index contributed by atoms with van der Waals surface area (Å²) >= 11 is 0. The maximum atomic E-state index is 13.1. The first-order valence-electron chi connectivity index (χ1n) is 8.35. The zero-order chi connectivity index (χ0) is 18.6. The van der Waals surface area contributed by atoms with Crippen LogP contribution in [-0.4, -0.2) is 26.6 Å². The summed E-state index contributed by atoms with van der Waals surface area (Å²) in [5, 5.41) is 12.3. The Labute approximate surface area is 151 Å². The van der Waals surface area contributed by atoms with E-state index in [1.165, 1.54) is 6.07 Å². The van der Waals surface area contributed by atoms with Crippen molar-refractivity contribution in [2.24, 2.45) is 0 Å². The van der Waals surface area contributed by atoms with Crippen LogP contribution >= 0.6 is 0 Å². The summed E-state index contributed by atoms with van der Waals surface area (Å²) in [5.41, 5.74) is 2.56. The number of hydrogen-bond donors (Lipinski definition) is 1. The average molecular weight is 370 g/mol. The molecule has 1 aliphatic rings. The summed E-state index contributed by atoms with van der Waals surface area (Å²) < 4.78 is 46.9. The van der Waals surface area contributed by atoms with Crippen LogP contribution in [0.15, 0.2) is 48.7 Å². The Morgan fingerprint density at radius 2 is 1.96 bits per heavy atom. The maximum Gasteiger partial charge on any atom is 0.416 e. The number of aromatic nitrogens is 4. The van der Waals surface area contributed by atoms with Crippen molar-refractivity contribution in [3.8, 4) is 28.3 Å². The van der Waals surface area contributed by atoms with Crippen LogP contribution in [0, 0.1) is 0 Å². The molecule has 4 aromatic rings. The van der Waals surface area contributed by atoms with Gasteiger partial charge in [0.2, 0.25) is 5.88 Å². The highest BCUT2D eigenvalue weighted by molar-refractivity contribution is 5.90. The first-order chi connectivity index (χ1) is 13.0. The number of aromatic amines is 1. The molecule has 0 amide bonds. The summed E-state index contributed by atoms with van der Waals surface area (Å²) in [6, 6.07) is 10.9. The van der Waals surface area contributed by atoms with E-state index in [4.69, 9.17) is 4.74 Å². The third-order valence-corrected chi connectivity index (χ3v) is 4.64. The lowest BCUT2D eigenvalue weighted by molar-refractivity contribution is -0.137. The Kier molecular flexibility index (Phi) is 3.30. The minimum atomic E-state index is -4.41. The molecular formula is C19H13F3N4O. The van der Waals surface area contributed by atoms with Crippen LogP contribution in [0.2, 0.25) is 0 Å². The molecular weight excluding hydrogens is 357 g/mol. The molecule has 1 aliphatic heterocycles. The Balaban J connectivity index is 1.72. The van der Waals surface area contributed by atoms with Crippen LogP contribution in [0.4, 0.5) is 13.2 Å². The third kappa shape index (κ3) is 2.56. The van der Waals surface area contributed by atoms with E-state index in [0.717, 1.165) is 28.6 Å². The molecule has 3 heterocycles. The van der Waals surface area contributed by atoms with Gasteiger partial charge in [0.25, 0.3) is 0 Å². The highest BCUT2D eigenvalue weighted by atomic mass is 19.4. The number of halogens is 3. The predicted molar refractivity (Wildman–Crippen MR) is 93.2 cm³/mol. The number of fused-ring (bicyclic) bond motifs is 2. The number of H-pyrrole nitrogens is 1. The summed E-state index contributed by atoms with van der Waals surface area (Å²) in [5.74, 6) is 0.574. The monoisotopic (exact) mass is 370 g/mol. The first-order valence-corrected chi connectivity index (χ1v) is 8.35. The lowest BCUT2D eigenvalue weighted by atomic mass is 9.99. The quantitative estimate of drug-likeness (QED) is 0.565. The van der Waals surface area contributed by atoms with Crippen LogP contribution in [0.3, 0.4) is 0 Å². The zero-order valence-corrected chi connectivity index (χ0v) is 13.9. The summed E-state index contributed by atoms with van der Waals surface area (Å²) in [6.45, 7) is 1.06. The molecule has 5 rings (SSSR count). The number of rotatable bonds is 2. The van der Waals surface area contributed by atoms with Crippen molar-refractivity contribution in [1.82, 2.24) is 20.0 Å². The van der Waals surface area contributed by atoms with Gasteiger partial charge in [0, 0.05) is 10.9 Å². The minimum Gasteiger partial charge on any atom is -0.475 e. The molecule has 0 spiro atoms. The van der Waals surface area contributed by atoms with Gasteiger partial charge in [-0.15, -0.1) is 0 Å². The van der Waals surface area contributed by atoms with Crippen molar-refractivity contribution >= 4 is 10.9 Å². The van der Waals surface area contributed by atoms with Gasteiger partial charge in [-0.2, -0.15) is 23.4 Å². The molecule has 2 aromatic heterocycles. The van der Waals surface area contributed by atoms with E-state index in [2.05, 4.69) is 15.3 Å². The molecule has 0 saturated carbocycles. The van der Waals surface area contributed by atoms with E-state index in [0.29, 0.717) is 35.9 Å². The molecule has 0 saturated heterocycles. The first kappa shape index (κ1) is 15.9. The van der Waals surface area contributed by atoms with Crippen molar-refractivity contribution in [3.05, 3.63) is 54.2 Å². The lowest BCUT2D eigenvalue weighted by Gasteiger charge is -2.09. The van der Waals surface area contributed by atoms with Crippen molar-refractivity contribution in [3.63, 3.8) is 0 Å². The Bertz CT molecular complexity index is 1160. The second-order valence-corrected chi connectivity index (χ2v) is 6.35. The van der Waals surface area contributed by atoms with Gasteiger partial charge in [-0.25, -0.2) is 4.68 Å². The molecule has 27 heavy (non-hydrogen) atoms. The van der Waals surface area contributed by atoms with Gasteiger partial charge in [-0.1, -0.05) is 18.2 Å². The van der Waals surface area contributed by atoms with E-state index in [-0.39, 0.29) is 0 Å². The van der Waals surface area contributed by atoms with Crippen LogP contribution in [-0.2, 0) is 12.7 Å². The summed E-state index contributed by atoms with van der Waals surface area (Å²) in [6.07, 6.45) is -2.71. The topological polar surface area (TPSA) is 55.7 Å². The fraction of sp³-hybridized carbons (Fsp3) is 0.158. The number of hydrogen-bond acceptors (Lipinski definition) is 3. The maximum absolute atomic E-state index is 13.1. The van der Waals surface area contributed by atoms with Gasteiger partial charge in [0.05, 0.1) is 29.4 Å². The zero-order valence-electron chi connectivity index (χ0n) is 13.9. The van der Waals surface area contributed by atoms with Crippen LogP contribution in [0.1, 0.15) is 5.56 Å². The fourth-order valence-electron chi connectivity index (χ4n) is 3.38. The predicted octanol–water partition coefficient (Wildman–Crippen LogP) is 4.50. The van der Waals surface area contributed by atoms with Gasteiger partial charge in [-0.05, 0) is 29.8 Å². The van der Waals surface area contributed by atoms with Crippen LogP contribution in [0.5, 0.6) is 5.88 Å². The van der Waals surface area contributed by atoms with E-state index >= 15 is 0 Å². The van der Waals surface area contributed by atoms with Gasteiger partial charge in [0.1, 0.15) is 12.3 Å². The molecule has 0 bridgehead atoms. The van der Waals surface area contributed by atoms with Crippen molar-refractivity contribution in [2.75, 3.05) is 6.61 Å². The van der Waals surface area contributed by atoms with E-state index in [1.807, 2.05) is 18.2 Å². The highest BCUT2D eigenvalue weighted by Gasteiger charge is 2.32. The molecule has 0 unspecified atom stereocenters. The third-order valence-electron chi connectivity index (χ3n) is 4.64. The number of alkyl halides is 3. The lowest BCUT2D eigenvalue weighted by Crippen LogP contribution is -2.04. The smallest absolute Gasteiger partial charge is 0.416 e. The molecule has 1 N–H and O–H groups in total. The largest absolute Gasteiger partial charge is 0.475 e. The van der Waals surface area contributed by atoms with Gasteiger partial charge in [-0.3, -0.25) is 5.10 Å². The number of nitrogens with zero attached hydrogens (tertiary/aromatic N) is 3. The molecule has 0 fully saturated rings. The summed E-state index contributed by atoms with van der Waals surface area (Å²) in [4.78, 5) is 0. The van der Waals surface area contributed by atoms with Gasteiger partial charge < -0.3 is 4.74 Å². The molecule has 5 nitrogen and oxygen atoms in total. The van der Waals surface area contributed by atoms with Crippen LogP contribution < -0.4 is 4.74 Å². The second-order valence-electron chi connectivity index (χ2n) is 6.35. The van der Waals surface area contributed by atoms with E-state index < -0.39 is 11.7 Å². The SMILES string of the molecule is FC(F)(F)c1cccc(-c2nn3c(c2-c2ccc4[nH]ncc4c2)OCC3)c1. The van der Waals surface area contributed by atoms with Crippen LogP contribution in [0.25, 0.3) is 33.3 Å². The van der Waals surface area contributed by atoms with E-state index in [1.54, 1.807) is 16.9 Å². The molecule has 0 aliphatic carbocycles. The molecule has 0 radical (unpaired) electrons. The van der Waals surface area contributed by atoms with Crippen molar-refractivity contribution in [2.45, 2.75) is 12.7 Å². The molecule has 2 aromatic carbocycles. The highest BCUT2D eigenvalue weighted by Crippen LogP contribution is 2.42. The molecule has 136 valence electrons. The van der Waals surface area contributed by atoms with Crippen molar-refractivity contribution in [1.29, 1.82) is 0 Å². The number of nitrogens with one attached hydrogen (secondary N) is 1. The number of ether oxygens (including phenoxy) is 1. The fourth-order valence-corrected chi connectivity index (χ4v) is 3.38. The Hall–Kier alpha value is -3.29. The van der Waals surface area contributed by atoms with E-state index in [9.17, 15) is 13.2 Å². The minimum absolute atomic E-state index is 0.401. The molecule has 0 atom stereocenters. The average Bonchev–Trinajstić information content (AvgIpc) is 3.35. The standard InChI is InChI=1S/C19H13F3N4O/c20-19(21,22)14-3-1-2-12(9-14)17-16(18-26(25-17)6-7-27-18)11-4-5-15-13(8-11)10-23-24-15/h1-5,8-10H,6-7H2,(H,23,24). The van der Waals surface area contributed by atoms with Crippen molar-refractivity contribution < 1.29 is 17.9 Å².